The first-order valence-electron chi connectivity index (χ1n) is 6.49. The number of halogens is 1. The van der Waals surface area contributed by atoms with E-state index in [9.17, 15) is 14.9 Å². The summed E-state index contributed by atoms with van der Waals surface area (Å²) in [7, 11) is 0. The van der Waals surface area contributed by atoms with Crippen LogP contribution < -0.4 is 10.6 Å². The Kier molecular flexibility index (Phi) is 5.08. The van der Waals surface area contributed by atoms with Gasteiger partial charge in [-0.2, -0.15) is 0 Å². The molecule has 0 unspecified atom stereocenters. The molecule has 0 aliphatic heterocycles. The van der Waals surface area contributed by atoms with Gasteiger partial charge in [-0.05, 0) is 24.5 Å². The van der Waals surface area contributed by atoms with Crippen LogP contribution in [-0.2, 0) is 11.3 Å². The number of hydrogen-bond acceptors (Lipinski definition) is 4. The Morgan fingerprint density at radius 1 is 1.45 bits per heavy atom. The molecule has 1 aliphatic carbocycles. The Bertz CT molecular complexity index is 518. The van der Waals surface area contributed by atoms with E-state index in [1.54, 1.807) is 6.07 Å². The van der Waals surface area contributed by atoms with Gasteiger partial charge in [0.25, 0.3) is 5.69 Å². The van der Waals surface area contributed by atoms with E-state index < -0.39 is 4.92 Å². The van der Waals surface area contributed by atoms with Crippen molar-refractivity contribution < 1.29 is 9.72 Å². The topological polar surface area (TPSA) is 84.3 Å². The molecule has 7 heteroatoms. The molecule has 1 saturated carbocycles. The lowest BCUT2D eigenvalue weighted by atomic mass is 10.2. The minimum Gasteiger partial charge on any atom is -0.353 e. The van der Waals surface area contributed by atoms with Crippen LogP contribution in [0.1, 0.15) is 24.8 Å². The van der Waals surface area contributed by atoms with Crippen LogP contribution >= 0.6 is 15.9 Å². The van der Waals surface area contributed by atoms with Crippen molar-refractivity contribution in [2.24, 2.45) is 0 Å². The first-order chi connectivity index (χ1) is 9.56. The molecule has 1 aromatic carbocycles. The molecule has 20 heavy (non-hydrogen) atoms. The first-order valence-corrected chi connectivity index (χ1v) is 7.28. The lowest BCUT2D eigenvalue weighted by Crippen LogP contribution is -2.29. The number of nitrogens with one attached hydrogen (secondary N) is 2. The van der Waals surface area contributed by atoms with Crippen molar-refractivity contribution >= 4 is 27.5 Å². The van der Waals surface area contributed by atoms with Gasteiger partial charge in [-0.25, -0.2) is 0 Å². The van der Waals surface area contributed by atoms with Gasteiger partial charge in [0.1, 0.15) is 0 Å². The summed E-state index contributed by atoms with van der Waals surface area (Å²) in [6.45, 7) is 1.15. The monoisotopic (exact) mass is 341 g/mol. The zero-order valence-electron chi connectivity index (χ0n) is 10.9. The van der Waals surface area contributed by atoms with Crippen LogP contribution in [0.5, 0.6) is 0 Å². The first kappa shape index (κ1) is 14.9. The van der Waals surface area contributed by atoms with E-state index in [-0.39, 0.29) is 11.6 Å². The molecular weight excluding hydrogens is 326 g/mol. The zero-order valence-corrected chi connectivity index (χ0v) is 12.5. The molecule has 1 fully saturated rings. The van der Waals surface area contributed by atoms with Crippen LogP contribution in [0.15, 0.2) is 22.7 Å². The number of hydrogen-bond donors (Lipinski definition) is 2. The fraction of sp³-hybridized carbons (Fsp3) is 0.462. The summed E-state index contributed by atoms with van der Waals surface area (Å²) in [6.07, 6.45) is 2.63. The predicted molar refractivity (Wildman–Crippen MR) is 78.3 cm³/mol. The lowest BCUT2D eigenvalue weighted by Gasteiger charge is -2.07. The fourth-order valence-corrected chi connectivity index (χ4v) is 2.25. The second-order valence-corrected chi connectivity index (χ2v) is 5.66. The molecule has 0 saturated heterocycles. The van der Waals surface area contributed by atoms with Gasteiger partial charge in [-0.15, -0.1) is 0 Å². The van der Waals surface area contributed by atoms with Gasteiger partial charge in [0.15, 0.2) is 0 Å². The molecule has 6 nitrogen and oxygen atoms in total. The van der Waals surface area contributed by atoms with E-state index in [4.69, 9.17) is 0 Å². The summed E-state index contributed by atoms with van der Waals surface area (Å²) in [4.78, 5) is 21.6. The maximum atomic E-state index is 11.5. The molecule has 0 radical (unpaired) electrons. The number of benzene rings is 1. The Morgan fingerprint density at radius 3 is 2.80 bits per heavy atom. The van der Waals surface area contributed by atoms with E-state index in [1.165, 1.54) is 12.1 Å². The van der Waals surface area contributed by atoms with Crippen molar-refractivity contribution in [3.05, 3.63) is 38.3 Å². The molecule has 2 rings (SSSR count). The average Bonchev–Trinajstić information content (AvgIpc) is 3.19. The van der Waals surface area contributed by atoms with Crippen LogP contribution in [0, 0.1) is 10.1 Å². The third kappa shape index (κ3) is 4.57. The summed E-state index contributed by atoms with van der Waals surface area (Å²) < 4.78 is 0.696. The predicted octanol–water partition coefficient (Wildman–Crippen LogP) is 2.12. The summed E-state index contributed by atoms with van der Waals surface area (Å²) in [5.74, 6) is 0.0720. The van der Waals surface area contributed by atoms with Crippen molar-refractivity contribution in [3.8, 4) is 0 Å². The highest BCUT2D eigenvalue weighted by atomic mass is 79.9. The van der Waals surface area contributed by atoms with E-state index in [2.05, 4.69) is 26.6 Å². The highest BCUT2D eigenvalue weighted by Gasteiger charge is 2.22. The molecule has 108 valence electrons. The maximum absolute atomic E-state index is 11.5. The van der Waals surface area contributed by atoms with Crippen LogP contribution in [0.2, 0.25) is 0 Å². The number of nitrogens with zero attached hydrogens (tertiary/aromatic N) is 1. The normalized spacial score (nSPS) is 14.1. The van der Waals surface area contributed by atoms with Crippen molar-refractivity contribution in [2.75, 3.05) is 6.54 Å². The van der Waals surface area contributed by atoms with Crippen molar-refractivity contribution in [1.29, 1.82) is 0 Å². The highest BCUT2D eigenvalue weighted by Crippen LogP contribution is 2.22. The average molecular weight is 342 g/mol. The number of carbonyl (C=O) groups excluding carboxylic acids is 1. The number of carbonyl (C=O) groups is 1. The summed E-state index contributed by atoms with van der Waals surface area (Å²) in [6, 6.07) is 5.06. The van der Waals surface area contributed by atoms with E-state index >= 15 is 0 Å². The maximum Gasteiger partial charge on any atom is 0.270 e. The van der Waals surface area contributed by atoms with Gasteiger partial charge in [0.05, 0.1) is 4.92 Å². The Labute approximate surface area is 125 Å². The smallest absolute Gasteiger partial charge is 0.270 e. The molecule has 2 N–H and O–H groups in total. The second-order valence-electron chi connectivity index (χ2n) is 4.80. The molecule has 0 bridgehead atoms. The summed E-state index contributed by atoms with van der Waals surface area (Å²) in [5, 5.41) is 16.7. The molecule has 1 aliphatic rings. The number of nitro benzene ring substituents is 1. The molecule has 0 atom stereocenters. The Balaban J connectivity index is 1.73. The third-order valence-corrected chi connectivity index (χ3v) is 3.77. The number of rotatable bonds is 7. The van der Waals surface area contributed by atoms with Gasteiger partial charge in [-0.3, -0.25) is 14.9 Å². The minimum atomic E-state index is -0.426. The van der Waals surface area contributed by atoms with Gasteiger partial charge < -0.3 is 10.6 Å². The number of nitro groups is 1. The van der Waals surface area contributed by atoms with Crippen molar-refractivity contribution in [1.82, 2.24) is 10.6 Å². The fourth-order valence-electron chi connectivity index (χ4n) is 1.75. The van der Waals surface area contributed by atoms with E-state index in [0.717, 1.165) is 18.4 Å². The molecule has 0 heterocycles. The van der Waals surface area contributed by atoms with Crippen molar-refractivity contribution in [3.63, 3.8) is 0 Å². The van der Waals surface area contributed by atoms with Crippen LogP contribution in [-0.4, -0.2) is 23.4 Å². The van der Waals surface area contributed by atoms with Gasteiger partial charge >= 0.3 is 0 Å². The van der Waals surface area contributed by atoms with Gasteiger partial charge in [0, 0.05) is 42.2 Å². The van der Waals surface area contributed by atoms with Crippen molar-refractivity contribution in [2.45, 2.75) is 31.8 Å². The summed E-state index contributed by atoms with van der Waals surface area (Å²) >= 11 is 3.31. The van der Waals surface area contributed by atoms with E-state index in [1.807, 2.05) is 0 Å². The molecule has 1 amide bonds. The minimum absolute atomic E-state index is 0.0597. The van der Waals surface area contributed by atoms with E-state index in [0.29, 0.717) is 30.0 Å². The third-order valence-electron chi connectivity index (χ3n) is 3.03. The number of amides is 1. The lowest BCUT2D eigenvalue weighted by molar-refractivity contribution is -0.384. The second kappa shape index (κ2) is 6.81. The van der Waals surface area contributed by atoms with Gasteiger partial charge in [-0.1, -0.05) is 15.9 Å². The highest BCUT2D eigenvalue weighted by molar-refractivity contribution is 9.10. The molecular formula is C13H16BrN3O3. The zero-order chi connectivity index (χ0) is 14.5. The Hall–Kier alpha value is -1.47. The van der Waals surface area contributed by atoms with Crippen LogP contribution in [0.4, 0.5) is 5.69 Å². The molecule has 0 aromatic heterocycles. The van der Waals surface area contributed by atoms with Crippen LogP contribution in [0.3, 0.4) is 0 Å². The molecule has 0 spiro atoms. The quantitative estimate of drug-likeness (QED) is 0.452. The van der Waals surface area contributed by atoms with Crippen LogP contribution in [0.25, 0.3) is 0 Å². The Morgan fingerprint density at radius 2 is 2.20 bits per heavy atom. The SMILES string of the molecule is O=C(CCNCc1ccc([N+](=O)[O-])cc1Br)NC1CC1. The largest absolute Gasteiger partial charge is 0.353 e. The number of non-ortho nitro benzene ring substituents is 1. The standard InChI is InChI=1S/C13H16BrN3O3/c14-12-7-11(17(19)20)4-1-9(12)8-15-6-5-13(18)16-10-2-3-10/h1,4,7,10,15H,2-3,5-6,8H2,(H,16,18). The molecule has 1 aromatic rings. The van der Waals surface area contributed by atoms with Gasteiger partial charge in [0.2, 0.25) is 5.91 Å². The summed E-state index contributed by atoms with van der Waals surface area (Å²) in [5.41, 5.74) is 0.989.